The van der Waals surface area contributed by atoms with Crippen LogP contribution in [0.1, 0.15) is 71.1 Å². The first-order chi connectivity index (χ1) is 10.1. The van der Waals surface area contributed by atoms with Crippen molar-refractivity contribution in [2.75, 3.05) is 0 Å². The second-order valence-electron chi connectivity index (χ2n) is 6.75. The largest absolute Gasteiger partial charge is 0.451 e. The fraction of sp³-hybridized carbons (Fsp3) is 0.765. The van der Waals surface area contributed by atoms with Crippen molar-refractivity contribution >= 4 is 11.9 Å². The first-order valence-electron chi connectivity index (χ1n) is 8.38. The van der Waals surface area contributed by atoms with Crippen LogP contribution in [-0.4, -0.2) is 23.5 Å². The van der Waals surface area contributed by atoms with Crippen LogP contribution in [-0.2, 0) is 14.3 Å². The minimum Gasteiger partial charge on any atom is -0.451 e. The molecule has 2 saturated carbocycles. The van der Waals surface area contributed by atoms with Crippen LogP contribution in [0.15, 0.2) is 11.1 Å². The molecule has 2 aliphatic carbocycles. The molecule has 1 amide bonds. The van der Waals surface area contributed by atoms with E-state index in [1.165, 1.54) is 12.8 Å². The van der Waals surface area contributed by atoms with Crippen molar-refractivity contribution in [2.45, 2.75) is 82.8 Å². The Labute approximate surface area is 126 Å². The topological polar surface area (TPSA) is 55.4 Å². The molecule has 2 fully saturated rings. The molecule has 4 heteroatoms. The molecule has 1 spiro atoms. The lowest BCUT2D eigenvalue weighted by molar-refractivity contribution is -0.149. The van der Waals surface area contributed by atoms with Gasteiger partial charge in [0.25, 0.3) is 5.91 Å². The maximum Gasteiger partial charge on any atom is 0.344 e. The molecule has 0 atom stereocenters. The number of hydrogen-bond donors (Lipinski definition) is 1. The lowest BCUT2D eigenvalue weighted by Gasteiger charge is -2.33. The summed E-state index contributed by atoms with van der Waals surface area (Å²) in [6, 6.07) is 0.224. The number of nitrogens with one attached hydrogen (secondary N) is 1. The van der Waals surface area contributed by atoms with Crippen LogP contribution in [0, 0.1) is 0 Å². The molecule has 0 saturated heterocycles. The first kappa shape index (κ1) is 14.6. The van der Waals surface area contributed by atoms with E-state index in [0.717, 1.165) is 56.9 Å². The molecule has 1 heterocycles. The van der Waals surface area contributed by atoms with Crippen LogP contribution in [0.2, 0.25) is 0 Å². The van der Waals surface area contributed by atoms with Crippen molar-refractivity contribution in [1.29, 1.82) is 0 Å². The third-order valence-corrected chi connectivity index (χ3v) is 5.38. The summed E-state index contributed by atoms with van der Waals surface area (Å²) < 4.78 is 5.65. The molecule has 3 rings (SSSR count). The van der Waals surface area contributed by atoms with Gasteiger partial charge in [-0.15, -0.1) is 0 Å². The monoisotopic (exact) mass is 291 g/mol. The average Bonchev–Trinajstić information content (AvgIpc) is 2.71. The van der Waals surface area contributed by atoms with E-state index in [4.69, 9.17) is 4.74 Å². The Morgan fingerprint density at radius 3 is 2.38 bits per heavy atom. The number of rotatable bonds is 2. The number of carbonyl (C=O) groups excluding carboxylic acids is 2. The van der Waals surface area contributed by atoms with Crippen molar-refractivity contribution in [3.05, 3.63) is 11.1 Å². The fourth-order valence-corrected chi connectivity index (χ4v) is 4.05. The summed E-state index contributed by atoms with van der Waals surface area (Å²) in [6.45, 7) is 1.91. The van der Waals surface area contributed by atoms with E-state index in [0.29, 0.717) is 0 Å². The fourth-order valence-electron chi connectivity index (χ4n) is 4.05. The van der Waals surface area contributed by atoms with Crippen molar-refractivity contribution < 1.29 is 14.3 Å². The standard InChI is InChI=1S/C17H25NO3/c1-12-14(15(19)18-13-8-4-2-5-9-13)16(20)21-17(12)10-6-3-7-11-17/h13H,2-11H2,1H3,(H,18,19). The summed E-state index contributed by atoms with van der Waals surface area (Å²) in [6.07, 6.45) is 10.7. The Morgan fingerprint density at radius 2 is 1.71 bits per heavy atom. The van der Waals surface area contributed by atoms with Crippen LogP contribution in [0.4, 0.5) is 0 Å². The highest BCUT2D eigenvalue weighted by atomic mass is 16.6. The molecule has 0 radical (unpaired) electrons. The van der Waals surface area contributed by atoms with E-state index in [9.17, 15) is 9.59 Å². The van der Waals surface area contributed by atoms with Gasteiger partial charge in [-0.2, -0.15) is 0 Å². The van der Waals surface area contributed by atoms with E-state index in [1.54, 1.807) is 0 Å². The maximum absolute atomic E-state index is 12.5. The number of carbonyl (C=O) groups is 2. The second kappa shape index (κ2) is 5.82. The number of esters is 1. The van der Waals surface area contributed by atoms with Crippen molar-refractivity contribution in [1.82, 2.24) is 5.32 Å². The predicted octanol–water partition coefficient (Wildman–Crippen LogP) is 3.01. The first-order valence-corrected chi connectivity index (χ1v) is 8.38. The molecular formula is C17H25NO3. The summed E-state index contributed by atoms with van der Waals surface area (Å²) in [5.74, 6) is -0.630. The molecule has 0 bridgehead atoms. The van der Waals surface area contributed by atoms with E-state index >= 15 is 0 Å². The Hall–Kier alpha value is -1.32. The molecule has 1 N–H and O–H groups in total. The predicted molar refractivity (Wildman–Crippen MR) is 79.6 cm³/mol. The minimum atomic E-state index is -0.478. The number of amides is 1. The van der Waals surface area contributed by atoms with Crippen LogP contribution in [0.3, 0.4) is 0 Å². The van der Waals surface area contributed by atoms with Gasteiger partial charge in [-0.05, 0) is 51.0 Å². The van der Waals surface area contributed by atoms with Crippen LogP contribution in [0.25, 0.3) is 0 Å². The smallest absolute Gasteiger partial charge is 0.344 e. The zero-order chi connectivity index (χ0) is 14.9. The second-order valence-corrected chi connectivity index (χ2v) is 6.75. The van der Waals surface area contributed by atoms with Crippen LogP contribution < -0.4 is 5.32 Å². The molecule has 0 aromatic rings. The van der Waals surface area contributed by atoms with Crippen LogP contribution in [0.5, 0.6) is 0 Å². The van der Waals surface area contributed by atoms with E-state index in [-0.39, 0.29) is 17.5 Å². The van der Waals surface area contributed by atoms with Crippen molar-refractivity contribution in [3.8, 4) is 0 Å². The van der Waals surface area contributed by atoms with Gasteiger partial charge in [-0.1, -0.05) is 25.7 Å². The molecule has 3 aliphatic rings. The van der Waals surface area contributed by atoms with E-state index in [2.05, 4.69) is 5.32 Å². The summed E-state index contributed by atoms with van der Waals surface area (Å²) in [5.41, 5.74) is 0.664. The Balaban J connectivity index is 1.75. The van der Waals surface area contributed by atoms with Gasteiger partial charge in [0, 0.05) is 6.04 Å². The molecule has 4 nitrogen and oxygen atoms in total. The molecule has 21 heavy (non-hydrogen) atoms. The molecule has 116 valence electrons. The maximum atomic E-state index is 12.5. The van der Waals surface area contributed by atoms with Gasteiger partial charge in [-0.3, -0.25) is 4.79 Å². The number of hydrogen-bond acceptors (Lipinski definition) is 3. The summed E-state index contributed by atoms with van der Waals surface area (Å²) in [5, 5.41) is 3.05. The SMILES string of the molecule is CC1=C(C(=O)NC2CCCCC2)C(=O)OC12CCCCC2. The van der Waals surface area contributed by atoms with Gasteiger partial charge in [0.2, 0.25) is 0 Å². The van der Waals surface area contributed by atoms with E-state index < -0.39 is 11.6 Å². The lowest BCUT2D eigenvalue weighted by atomic mass is 9.79. The highest BCUT2D eigenvalue weighted by Crippen LogP contribution is 2.43. The highest BCUT2D eigenvalue weighted by Gasteiger charge is 2.47. The van der Waals surface area contributed by atoms with Gasteiger partial charge >= 0.3 is 5.97 Å². The minimum absolute atomic E-state index is 0.216. The van der Waals surface area contributed by atoms with Crippen molar-refractivity contribution in [3.63, 3.8) is 0 Å². The van der Waals surface area contributed by atoms with Gasteiger partial charge in [0.15, 0.2) is 0 Å². The Morgan fingerprint density at radius 1 is 1.10 bits per heavy atom. The number of ether oxygens (including phenoxy) is 1. The van der Waals surface area contributed by atoms with Crippen LogP contribution >= 0.6 is 0 Å². The zero-order valence-electron chi connectivity index (χ0n) is 12.9. The van der Waals surface area contributed by atoms with Gasteiger partial charge in [-0.25, -0.2) is 4.79 Å². The molecule has 0 unspecified atom stereocenters. The Kier molecular flexibility index (Phi) is 4.05. The third-order valence-electron chi connectivity index (χ3n) is 5.38. The zero-order valence-corrected chi connectivity index (χ0v) is 12.9. The molecule has 1 aliphatic heterocycles. The lowest BCUT2D eigenvalue weighted by Crippen LogP contribution is -2.38. The quantitative estimate of drug-likeness (QED) is 0.628. The summed E-state index contributed by atoms with van der Waals surface area (Å²) in [4.78, 5) is 24.7. The molecule has 0 aromatic heterocycles. The van der Waals surface area contributed by atoms with Gasteiger partial charge in [0.05, 0.1) is 0 Å². The van der Waals surface area contributed by atoms with Gasteiger partial charge < -0.3 is 10.1 Å². The normalized spacial score (nSPS) is 26.0. The summed E-state index contributed by atoms with van der Waals surface area (Å²) >= 11 is 0. The summed E-state index contributed by atoms with van der Waals surface area (Å²) in [7, 11) is 0. The molecular weight excluding hydrogens is 266 g/mol. The average molecular weight is 291 g/mol. The van der Waals surface area contributed by atoms with E-state index in [1.807, 2.05) is 6.92 Å². The molecule has 0 aromatic carbocycles. The Bertz CT molecular complexity index is 468. The third kappa shape index (κ3) is 2.72. The highest BCUT2D eigenvalue weighted by molar-refractivity contribution is 6.18. The van der Waals surface area contributed by atoms with Gasteiger partial charge in [0.1, 0.15) is 11.2 Å². The van der Waals surface area contributed by atoms with Crippen molar-refractivity contribution in [2.24, 2.45) is 0 Å².